The number of hydrogen-bond donors (Lipinski definition) is 3. The molecule has 2 aromatic rings. The first-order valence-electron chi connectivity index (χ1n) is 12.3. The molecule has 3 fully saturated rings. The van der Waals surface area contributed by atoms with Crippen molar-refractivity contribution in [2.45, 2.75) is 50.1 Å². The van der Waals surface area contributed by atoms with E-state index in [-0.39, 0.29) is 35.5 Å². The molecule has 3 N–H and O–H groups in total. The van der Waals surface area contributed by atoms with E-state index in [1.54, 1.807) is 0 Å². The molecule has 1 saturated carbocycles. The third kappa shape index (κ3) is 4.68. The zero-order valence-corrected chi connectivity index (χ0v) is 20.8. The van der Waals surface area contributed by atoms with E-state index in [2.05, 4.69) is 15.6 Å². The predicted molar refractivity (Wildman–Crippen MR) is 127 cm³/mol. The number of aromatic nitrogens is 1. The van der Waals surface area contributed by atoms with Crippen LogP contribution in [0.3, 0.4) is 0 Å². The van der Waals surface area contributed by atoms with Crippen molar-refractivity contribution in [3.63, 3.8) is 0 Å². The highest BCUT2D eigenvalue weighted by Gasteiger charge is 2.58. The minimum Gasteiger partial charge on any atom is -0.356 e. The number of fused-ring (bicyclic) bond motifs is 2. The molecule has 8 nitrogen and oxygen atoms in total. The summed E-state index contributed by atoms with van der Waals surface area (Å²) >= 11 is 5.70. The van der Waals surface area contributed by atoms with Crippen LogP contribution in [0.15, 0.2) is 12.1 Å². The van der Waals surface area contributed by atoms with Gasteiger partial charge in [-0.3, -0.25) is 14.4 Å². The molecule has 3 heterocycles. The van der Waals surface area contributed by atoms with Gasteiger partial charge in [0.2, 0.25) is 17.7 Å². The molecule has 1 aliphatic carbocycles. The molecule has 0 bridgehead atoms. The number of carbonyl (C=O) groups is 3. The zero-order chi connectivity index (χ0) is 27.4. The molecule has 0 spiro atoms. The molecular formula is C25H24ClF4N5O3. The number of nitriles is 1. The number of rotatable bonds is 5. The SMILES string of the molecule is N#C[C@H](C[C@@H]1CCCNC1=O)NC(=O)[C@H]1[C@@H]2CC(F)(F)C[C@@H]2CN1C(=O)c1cc2c(F)cc(Cl)c(F)c2[nH]1. The summed E-state index contributed by atoms with van der Waals surface area (Å²) in [5.41, 5.74) is -0.569. The first kappa shape index (κ1) is 26.3. The predicted octanol–water partition coefficient (Wildman–Crippen LogP) is 3.51. The normalized spacial score (nSPS) is 27.1. The molecule has 0 radical (unpaired) electrons. The van der Waals surface area contributed by atoms with E-state index in [1.165, 1.54) is 0 Å². The molecule has 5 atom stereocenters. The molecular weight excluding hydrogens is 530 g/mol. The minimum atomic E-state index is -3.01. The van der Waals surface area contributed by atoms with Gasteiger partial charge in [-0.25, -0.2) is 17.6 Å². The van der Waals surface area contributed by atoms with Crippen molar-refractivity contribution >= 4 is 40.2 Å². The maximum Gasteiger partial charge on any atom is 0.271 e. The number of H-pyrrole nitrogens is 1. The highest BCUT2D eigenvalue weighted by atomic mass is 35.5. The molecule has 13 heteroatoms. The lowest BCUT2D eigenvalue weighted by molar-refractivity contribution is -0.129. The number of benzene rings is 1. The molecule has 3 aliphatic rings. The van der Waals surface area contributed by atoms with Crippen molar-refractivity contribution in [1.29, 1.82) is 5.26 Å². The minimum absolute atomic E-state index is 0.0420. The van der Waals surface area contributed by atoms with Crippen LogP contribution in [-0.2, 0) is 9.59 Å². The van der Waals surface area contributed by atoms with E-state index < -0.39 is 77.1 Å². The van der Waals surface area contributed by atoms with Crippen LogP contribution in [0.25, 0.3) is 10.9 Å². The summed E-state index contributed by atoms with van der Waals surface area (Å²) < 4.78 is 57.3. The van der Waals surface area contributed by atoms with Crippen molar-refractivity contribution in [2.24, 2.45) is 17.8 Å². The topological polar surface area (TPSA) is 118 Å². The van der Waals surface area contributed by atoms with E-state index in [1.807, 2.05) is 6.07 Å². The van der Waals surface area contributed by atoms with Crippen molar-refractivity contribution in [3.8, 4) is 6.07 Å². The van der Waals surface area contributed by atoms with Gasteiger partial charge in [-0.1, -0.05) is 11.6 Å². The van der Waals surface area contributed by atoms with Crippen LogP contribution in [-0.4, -0.2) is 58.7 Å². The van der Waals surface area contributed by atoms with Crippen LogP contribution >= 0.6 is 11.6 Å². The van der Waals surface area contributed by atoms with E-state index in [4.69, 9.17) is 11.6 Å². The Labute approximate surface area is 219 Å². The van der Waals surface area contributed by atoms with Crippen molar-refractivity contribution in [3.05, 3.63) is 34.5 Å². The summed E-state index contributed by atoms with van der Waals surface area (Å²) in [6.45, 7) is 0.365. The van der Waals surface area contributed by atoms with Crippen LogP contribution in [0.2, 0.25) is 5.02 Å². The fraction of sp³-hybridized carbons (Fsp3) is 0.520. The van der Waals surface area contributed by atoms with E-state index in [9.17, 15) is 37.2 Å². The Morgan fingerprint density at radius 2 is 2.05 bits per heavy atom. The number of carbonyl (C=O) groups excluding carboxylic acids is 3. The molecule has 1 aromatic carbocycles. The van der Waals surface area contributed by atoms with Gasteiger partial charge in [-0.2, -0.15) is 5.26 Å². The summed E-state index contributed by atoms with van der Waals surface area (Å²) in [5, 5.41) is 14.2. The van der Waals surface area contributed by atoms with Gasteiger partial charge < -0.3 is 20.5 Å². The second-order valence-corrected chi connectivity index (χ2v) is 10.7. The molecule has 3 amide bonds. The Balaban J connectivity index is 1.41. The second-order valence-electron chi connectivity index (χ2n) is 10.3. The van der Waals surface area contributed by atoms with Crippen LogP contribution in [0.1, 0.15) is 42.6 Å². The van der Waals surface area contributed by atoms with Gasteiger partial charge in [-0.15, -0.1) is 0 Å². The number of piperidine rings is 1. The molecule has 202 valence electrons. The highest BCUT2D eigenvalue weighted by Crippen LogP contribution is 2.50. The van der Waals surface area contributed by atoms with E-state index in [0.717, 1.165) is 23.5 Å². The lowest BCUT2D eigenvalue weighted by atomic mass is 9.90. The summed E-state index contributed by atoms with van der Waals surface area (Å²) in [6.07, 6.45) is 0.180. The fourth-order valence-corrected chi connectivity index (χ4v) is 6.24. The van der Waals surface area contributed by atoms with Gasteiger partial charge in [0, 0.05) is 37.2 Å². The lowest BCUT2D eigenvalue weighted by Gasteiger charge is -2.29. The van der Waals surface area contributed by atoms with Crippen molar-refractivity contribution in [2.75, 3.05) is 13.1 Å². The van der Waals surface area contributed by atoms with E-state index >= 15 is 0 Å². The molecule has 5 rings (SSSR count). The monoisotopic (exact) mass is 553 g/mol. The van der Waals surface area contributed by atoms with Gasteiger partial charge in [0.15, 0.2) is 5.82 Å². The molecule has 1 aromatic heterocycles. The lowest BCUT2D eigenvalue weighted by Crippen LogP contribution is -2.52. The maximum atomic E-state index is 14.5. The number of nitrogens with zero attached hydrogens (tertiary/aromatic N) is 2. The summed E-state index contributed by atoms with van der Waals surface area (Å²) in [5.74, 6) is -8.69. The highest BCUT2D eigenvalue weighted by molar-refractivity contribution is 6.31. The zero-order valence-electron chi connectivity index (χ0n) is 20.0. The Bertz CT molecular complexity index is 1360. The number of hydrogen-bond acceptors (Lipinski definition) is 4. The maximum absolute atomic E-state index is 14.5. The smallest absolute Gasteiger partial charge is 0.271 e. The number of likely N-dealkylation sites (tertiary alicyclic amines) is 1. The van der Waals surface area contributed by atoms with Crippen LogP contribution in [0.5, 0.6) is 0 Å². The average molecular weight is 554 g/mol. The third-order valence-electron chi connectivity index (χ3n) is 7.78. The number of aromatic amines is 1. The number of nitrogens with one attached hydrogen (secondary N) is 3. The Hall–Kier alpha value is -3.33. The van der Waals surface area contributed by atoms with Crippen LogP contribution in [0.4, 0.5) is 17.6 Å². The van der Waals surface area contributed by atoms with Crippen molar-refractivity contribution in [1.82, 2.24) is 20.5 Å². The molecule has 38 heavy (non-hydrogen) atoms. The standard InChI is InChI=1S/C25H24ClF4N5O3/c26-16-6-17(27)14-5-18(34-20(14)19(16)28)24(38)35-10-12-7-25(29,30)8-15(12)21(35)23(37)33-13(9-31)4-11-2-1-3-32-22(11)36/h5-6,11-13,15,21,34H,1-4,7-8,10H2,(H,32,36)(H,33,37)/t11-,12+,13-,15+,21+/m0/s1. The molecule has 2 saturated heterocycles. The number of amides is 3. The second kappa shape index (κ2) is 9.76. The quantitative estimate of drug-likeness (QED) is 0.388. The first-order valence-corrected chi connectivity index (χ1v) is 12.7. The van der Waals surface area contributed by atoms with Crippen LogP contribution < -0.4 is 10.6 Å². The average Bonchev–Trinajstić information content (AvgIpc) is 3.53. The molecule has 2 aliphatic heterocycles. The largest absolute Gasteiger partial charge is 0.356 e. The number of halogens is 5. The summed E-state index contributed by atoms with van der Waals surface area (Å²) in [7, 11) is 0. The summed E-state index contributed by atoms with van der Waals surface area (Å²) in [6, 6.07) is 1.40. The first-order chi connectivity index (χ1) is 18.0. The number of alkyl halides is 2. The molecule has 0 unspecified atom stereocenters. The van der Waals surface area contributed by atoms with Crippen molar-refractivity contribution < 1.29 is 31.9 Å². The van der Waals surface area contributed by atoms with Gasteiger partial charge in [0.25, 0.3) is 5.91 Å². The Kier molecular flexibility index (Phi) is 6.75. The Morgan fingerprint density at radius 3 is 2.76 bits per heavy atom. The van der Waals surface area contributed by atoms with Crippen LogP contribution in [0, 0.1) is 40.7 Å². The Morgan fingerprint density at radius 1 is 1.29 bits per heavy atom. The van der Waals surface area contributed by atoms with Gasteiger partial charge >= 0.3 is 0 Å². The summed E-state index contributed by atoms with van der Waals surface area (Å²) in [4.78, 5) is 42.6. The van der Waals surface area contributed by atoms with Gasteiger partial charge in [-0.05, 0) is 43.2 Å². The van der Waals surface area contributed by atoms with E-state index in [0.29, 0.717) is 13.0 Å². The van der Waals surface area contributed by atoms with Gasteiger partial charge in [0.1, 0.15) is 23.6 Å². The van der Waals surface area contributed by atoms with Gasteiger partial charge in [0.05, 0.1) is 16.6 Å². The third-order valence-corrected chi connectivity index (χ3v) is 8.06. The fourth-order valence-electron chi connectivity index (χ4n) is 6.05.